The number of nitrogens with one attached hydrogen (secondary N) is 1. The van der Waals surface area contributed by atoms with Gasteiger partial charge in [0.2, 0.25) is 0 Å². The first kappa shape index (κ1) is 16.3. The molecule has 7 nitrogen and oxygen atoms in total. The standard InChI is InChI=1S/C18H14N2O5/c21-17(22)11-24-14-7-5-12(6-8-14)10-19-20-18(23)16-9-13-3-1-2-4-15(13)25-16/h1-10H,11H2,(H,20,23)(H,21,22). The molecule has 1 amide bonds. The average molecular weight is 338 g/mol. The molecule has 1 aromatic heterocycles. The summed E-state index contributed by atoms with van der Waals surface area (Å²) >= 11 is 0. The third-order valence-electron chi connectivity index (χ3n) is 3.27. The van der Waals surface area contributed by atoms with E-state index in [1.165, 1.54) is 6.21 Å². The van der Waals surface area contributed by atoms with Crippen LogP contribution in [0.2, 0.25) is 0 Å². The normalized spacial score (nSPS) is 10.9. The summed E-state index contributed by atoms with van der Waals surface area (Å²) in [4.78, 5) is 22.4. The van der Waals surface area contributed by atoms with Crippen molar-refractivity contribution in [2.24, 2.45) is 5.10 Å². The Labute approximate surface area is 142 Å². The Balaban J connectivity index is 1.58. The zero-order chi connectivity index (χ0) is 17.6. The number of benzene rings is 2. The number of fused-ring (bicyclic) bond motifs is 1. The van der Waals surface area contributed by atoms with Crippen molar-refractivity contribution in [3.05, 3.63) is 65.9 Å². The Morgan fingerprint density at radius 1 is 1.16 bits per heavy atom. The fraction of sp³-hybridized carbons (Fsp3) is 0.0556. The van der Waals surface area contributed by atoms with Gasteiger partial charge in [-0.15, -0.1) is 0 Å². The van der Waals surface area contributed by atoms with Crippen molar-refractivity contribution in [1.29, 1.82) is 0 Å². The number of hydrogen-bond acceptors (Lipinski definition) is 5. The summed E-state index contributed by atoms with van der Waals surface area (Å²) in [5, 5.41) is 13.3. The molecule has 0 fully saturated rings. The summed E-state index contributed by atoms with van der Waals surface area (Å²) in [5.41, 5.74) is 3.74. The first-order valence-electron chi connectivity index (χ1n) is 7.38. The molecular formula is C18H14N2O5. The SMILES string of the molecule is O=C(O)COc1ccc(C=NNC(=O)c2cc3ccccc3o2)cc1. The third-order valence-corrected chi connectivity index (χ3v) is 3.27. The van der Waals surface area contributed by atoms with Crippen LogP contribution in [0.1, 0.15) is 16.1 Å². The molecule has 0 unspecified atom stereocenters. The minimum absolute atomic E-state index is 0.177. The number of ether oxygens (including phenoxy) is 1. The van der Waals surface area contributed by atoms with Crippen molar-refractivity contribution < 1.29 is 23.8 Å². The van der Waals surface area contributed by atoms with E-state index >= 15 is 0 Å². The number of nitrogens with zero attached hydrogens (tertiary/aromatic N) is 1. The average Bonchev–Trinajstić information content (AvgIpc) is 3.05. The van der Waals surface area contributed by atoms with Gasteiger partial charge in [0, 0.05) is 5.39 Å². The maximum atomic E-state index is 12.0. The largest absolute Gasteiger partial charge is 0.482 e. The fourth-order valence-corrected chi connectivity index (χ4v) is 2.11. The van der Waals surface area contributed by atoms with Crippen LogP contribution in [0.25, 0.3) is 11.0 Å². The van der Waals surface area contributed by atoms with Crippen molar-refractivity contribution in [2.75, 3.05) is 6.61 Å². The third kappa shape index (κ3) is 4.23. The van der Waals surface area contributed by atoms with Gasteiger partial charge in [-0.1, -0.05) is 18.2 Å². The highest BCUT2D eigenvalue weighted by Crippen LogP contribution is 2.18. The number of rotatable bonds is 6. The molecule has 2 N–H and O–H groups in total. The monoisotopic (exact) mass is 338 g/mol. The highest BCUT2D eigenvalue weighted by Gasteiger charge is 2.10. The predicted molar refractivity (Wildman–Crippen MR) is 90.8 cm³/mol. The molecule has 3 rings (SSSR count). The molecule has 0 atom stereocenters. The van der Waals surface area contributed by atoms with Crippen molar-refractivity contribution in [3.63, 3.8) is 0 Å². The quantitative estimate of drug-likeness (QED) is 0.531. The molecule has 0 spiro atoms. The van der Waals surface area contributed by atoms with E-state index in [1.807, 2.05) is 18.2 Å². The van der Waals surface area contributed by atoms with E-state index in [0.29, 0.717) is 16.9 Å². The molecule has 2 aromatic carbocycles. The van der Waals surface area contributed by atoms with E-state index in [2.05, 4.69) is 10.5 Å². The van der Waals surface area contributed by atoms with Gasteiger partial charge in [-0.2, -0.15) is 5.10 Å². The smallest absolute Gasteiger partial charge is 0.341 e. The number of aliphatic carboxylic acids is 1. The van der Waals surface area contributed by atoms with E-state index in [4.69, 9.17) is 14.3 Å². The lowest BCUT2D eigenvalue weighted by Crippen LogP contribution is -2.16. The van der Waals surface area contributed by atoms with Gasteiger partial charge in [0.05, 0.1) is 6.21 Å². The molecule has 1 heterocycles. The summed E-state index contributed by atoms with van der Waals surface area (Å²) in [5.74, 6) is -0.880. The Morgan fingerprint density at radius 2 is 1.92 bits per heavy atom. The lowest BCUT2D eigenvalue weighted by atomic mass is 10.2. The second-order valence-electron chi connectivity index (χ2n) is 5.10. The number of carbonyl (C=O) groups excluding carboxylic acids is 1. The van der Waals surface area contributed by atoms with Gasteiger partial charge in [0.1, 0.15) is 11.3 Å². The van der Waals surface area contributed by atoms with Gasteiger partial charge in [0.25, 0.3) is 0 Å². The van der Waals surface area contributed by atoms with E-state index in [0.717, 1.165) is 5.39 Å². The van der Waals surface area contributed by atoms with Crippen molar-refractivity contribution >= 4 is 29.1 Å². The summed E-state index contributed by atoms with van der Waals surface area (Å²) < 4.78 is 10.5. The molecule has 0 saturated carbocycles. The number of hydrazone groups is 1. The molecule has 0 radical (unpaired) electrons. The van der Waals surface area contributed by atoms with Crippen LogP contribution in [0.3, 0.4) is 0 Å². The van der Waals surface area contributed by atoms with E-state index < -0.39 is 18.5 Å². The Bertz CT molecular complexity index is 895. The van der Waals surface area contributed by atoms with Crippen molar-refractivity contribution in [1.82, 2.24) is 5.43 Å². The molecule has 25 heavy (non-hydrogen) atoms. The minimum Gasteiger partial charge on any atom is -0.482 e. The van der Waals surface area contributed by atoms with Crippen LogP contribution in [-0.2, 0) is 4.79 Å². The fourth-order valence-electron chi connectivity index (χ4n) is 2.11. The molecule has 0 aliphatic carbocycles. The summed E-state index contributed by atoms with van der Waals surface area (Å²) in [6, 6.07) is 15.6. The second-order valence-corrected chi connectivity index (χ2v) is 5.10. The first-order valence-corrected chi connectivity index (χ1v) is 7.38. The Kier molecular flexibility index (Phi) is 4.75. The Hall–Kier alpha value is -3.61. The number of para-hydroxylation sites is 1. The molecule has 7 heteroatoms. The highest BCUT2D eigenvalue weighted by molar-refractivity contribution is 5.96. The van der Waals surface area contributed by atoms with Crippen LogP contribution in [-0.4, -0.2) is 29.8 Å². The van der Waals surface area contributed by atoms with Crippen molar-refractivity contribution in [3.8, 4) is 5.75 Å². The molecule has 0 aliphatic rings. The number of hydrogen-bond donors (Lipinski definition) is 2. The van der Waals surface area contributed by atoms with Crippen LogP contribution >= 0.6 is 0 Å². The lowest BCUT2D eigenvalue weighted by Gasteiger charge is -2.02. The van der Waals surface area contributed by atoms with Crippen LogP contribution in [0.5, 0.6) is 5.75 Å². The molecular weight excluding hydrogens is 324 g/mol. The summed E-state index contributed by atoms with van der Waals surface area (Å²) in [6.07, 6.45) is 1.46. The van der Waals surface area contributed by atoms with Crippen LogP contribution in [0, 0.1) is 0 Å². The summed E-state index contributed by atoms with van der Waals surface area (Å²) in [6.45, 7) is -0.402. The van der Waals surface area contributed by atoms with Gasteiger partial charge >= 0.3 is 11.9 Å². The molecule has 0 saturated heterocycles. The Morgan fingerprint density at radius 3 is 2.64 bits per heavy atom. The van der Waals surface area contributed by atoms with Gasteiger partial charge < -0.3 is 14.3 Å². The van der Waals surface area contributed by atoms with Gasteiger partial charge in [0.15, 0.2) is 12.4 Å². The zero-order valence-electron chi connectivity index (χ0n) is 13.0. The minimum atomic E-state index is -1.04. The first-order chi connectivity index (χ1) is 12.1. The maximum Gasteiger partial charge on any atom is 0.341 e. The number of amides is 1. The topological polar surface area (TPSA) is 101 Å². The number of carbonyl (C=O) groups is 2. The van der Waals surface area contributed by atoms with Crippen LogP contribution < -0.4 is 10.2 Å². The van der Waals surface area contributed by atoms with E-state index in [-0.39, 0.29) is 5.76 Å². The van der Waals surface area contributed by atoms with E-state index in [1.54, 1.807) is 36.4 Å². The second kappa shape index (κ2) is 7.31. The zero-order valence-corrected chi connectivity index (χ0v) is 13.0. The molecule has 126 valence electrons. The van der Waals surface area contributed by atoms with Crippen molar-refractivity contribution in [2.45, 2.75) is 0 Å². The summed E-state index contributed by atoms with van der Waals surface area (Å²) in [7, 11) is 0. The van der Waals surface area contributed by atoms with Crippen LogP contribution in [0.15, 0.2) is 64.1 Å². The highest BCUT2D eigenvalue weighted by atomic mass is 16.5. The number of furan rings is 1. The number of carboxylic acid groups (broad SMARTS) is 1. The molecule has 0 bridgehead atoms. The van der Waals surface area contributed by atoms with Gasteiger partial charge in [-0.05, 0) is 42.0 Å². The lowest BCUT2D eigenvalue weighted by molar-refractivity contribution is -0.139. The maximum absolute atomic E-state index is 12.0. The van der Waals surface area contributed by atoms with Gasteiger partial charge in [-0.3, -0.25) is 4.79 Å². The van der Waals surface area contributed by atoms with Gasteiger partial charge in [-0.25, -0.2) is 10.2 Å². The number of carboxylic acids is 1. The van der Waals surface area contributed by atoms with E-state index in [9.17, 15) is 9.59 Å². The molecule has 3 aromatic rings. The van der Waals surface area contributed by atoms with Crippen LogP contribution in [0.4, 0.5) is 0 Å². The molecule has 0 aliphatic heterocycles. The predicted octanol–water partition coefficient (Wildman–Crippen LogP) is 2.66.